The zero-order chi connectivity index (χ0) is 11.0. The molecule has 2 atom stereocenters. The maximum atomic E-state index is 11.4. The normalized spacial score (nSPS) is 30.3. The number of nitrogens with two attached hydrogens (primary N) is 1. The molecule has 84 valence electrons. The van der Waals surface area contributed by atoms with Gasteiger partial charge in [0, 0.05) is 0 Å². The third-order valence-corrected chi connectivity index (χ3v) is 4.65. The van der Waals surface area contributed by atoms with Crippen LogP contribution < -0.4 is 5.14 Å². The molecule has 0 saturated heterocycles. The molecule has 1 fully saturated rings. The van der Waals surface area contributed by atoms with Gasteiger partial charge in [0.15, 0.2) is 0 Å². The monoisotopic (exact) mass is 219 g/mol. The van der Waals surface area contributed by atoms with E-state index in [1.165, 1.54) is 0 Å². The zero-order valence-corrected chi connectivity index (χ0v) is 10.1. The molecule has 0 amide bonds. The smallest absolute Gasteiger partial charge is 0.212 e. The minimum atomic E-state index is -3.36. The van der Waals surface area contributed by atoms with Crippen LogP contribution in [0.4, 0.5) is 0 Å². The summed E-state index contributed by atoms with van der Waals surface area (Å²) in [5.41, 5.74) is 0.0392. The summed E-state index contributed by atoms with van der Waals surface area (Å²) < 4.78 is 22.8. The van der Waals surface area contributed by atoms with Crippen molar-refractivity contribution in [2.24, 2.45) is 16.5 Å². The molecule has 1 rings (SSSR count). The molecule has 1 saturated carbocycles. The second kappa shape index (κ2) is 3.81. The molecule has 1 aliphatic rings. The van der Waals surface area contributed by atoms with Crippen LogP contribution in [0.25, 0.3) is 0 Å². The van der Waals surface area contributed by atoms with Crippen LogP contribution in [0.1, 0.15) is 46.5 Å². The standard InChI is InChI=1S/C10H21NO2S/c1-10(2,3)8-6-4-5-7-9(8)14(11,12)13/h8-9H,4-7H2,1-3H3,(H2,11,12,13). The van der Waals surface area contributed by atoms with Crippen molar-refractivity contribution >= 4 is 10.0 Å². The number of hydrogen-bond donors (Lipinski definition) is 1. The van der Waals surface area contributed by atoms with E-state index in [4.69, 9.17) is 5.14 Å². The summed E-state index contributed by atoms with van der Waals surface area (Å²) in [5.74, 6) is 0.214. The highest BCUT2D eigenvalue weighted by atomic mass is 32.2. The lowest BCUT2D eigenvalue weighted by molar-refractivity contribution is 0.182. The van der Waals surface area contributed by atoms with Gasteiger partial charge in [0.25, 0.3) is 0 Å². The highest BCUT2D eigenvalue weighted by molar-refractivity contribution is 7.89. The Morgan fingerprint density at radius 3 is 2.00 bits per heavy atom. The average molecular weight is 219 g/mol. The Bertz CT molecular complexity index is 290. The topological polar surface area (TPSA) is 60.2 Å². The van der Waals surface area contributed by atoms with Gasteiger partial charge >= 0.3 is 0 Å². The van der Waals surface area contributed by atoms with Crippen molar-refractivity contribution in [3.63, 3.8) is 0 Å². The molecule has 0 aromatic rings. The molecule has 3 nitrogen and oxygen atoms in total. The molecule has 0 aromatic heterocycles. The van der Waals surface area contributed by atoms with Crippen LogP contribution in [-0.4, -0.2) is 13.7 Å². The molecule has 4 heteroatoms. The number of primary sulfonamides is 1. The summed E-state index contributed by atoms with van der Waals surface area (Å²) in [6.45, 7) is 6.30. The van der Waals surface area contributed by atoms with Crippen LogP contribution in [0.3, 0.4) is 0 Å². The van der Waals surface area contributed by atoms with Gasteiger partial charge in [0.1, 0.15) is 0 Å². The fourth-order valence-electron chi connectivity index (χ4n) is 2.48. The first kappa shape index (κ1) is 12.0. The van der Waals surface area contributed by atoms with Crippen molar-refractivity contribution in [1.29, 1.82) is 0 Å². The molecule has 0 heterocycles. The summed E-state index contributed by atoms with van der Waals surface area (Å²) in [6, 6.07) is 0. The predicted molar refractivity (Wildman–Crippen MR) is 58.3 cm³/mol. The van der Waals surface area contributed by atoms with Crippen LogP contribution in [0.15, 0.2) is 0 Å². The van der Waals surface area contributed by atoms with E-state index in [0.29, 0.717) is 0 Å². The predicted octanol–water partition coefficient (Wildman–Crippen LogP) is 1.88. The molecule has 0 radical (unpaired) electrons. The first-order chi connectivity index (χ1) is 6.23. The van der Waals surface area contributed by atoms with Gasteiger partial charge in [-0.1, -0.05) is 33.6 Å². The average Bonchev–Trinajstić information content (AvgIpc) is 2.01. The first-order valence-electron chi connectivity index (χ1n) is 5.24. The lowest BCUT2D eigenvalue weighted by atomic mass is 9.72. The zero-order valence-electron chi connectivity index (χ0n) is 9.29. The van der Waals surface area contributed by atoms with Gasteiger partial charge in [-0.15, -0.1) is 0 Å². The van der Waals surface area contributed by atoms with E-state index in [0.717, 1.165) is 25.7 Å². The molecule has 0 bridgehead atoms. The molecular formula is C10H21NO2S. The van der Waals surface area contributed by atoms with E-state index in [1.54, 1.807) is 0 Å². The second-order valence-corrected chi connectivity index (χ2v) is 7.17. The first-order valence-corrected chi connectivity index (χ1v) is 6.85. The van der Waals surface area contributed by atoms with Crippen molar-refractivity contribution in [3.8, 4) is 0 Å². The van der Waals surface area contributed by atoms with Gasteiger partial charge < -0.3 is 0 Å². The largest absolute Gasteiger partial charge is 0.228 e. The van der Waals surface area contributed by atoms with Gasteiger partial charge in [-0.25, -0.2) is 13.6 Å². The Balaban J connectivity index is 2.91. The molecule has 0 aliphatic heterocycles. The Morgan fingerprint density at radius 2 is 1.64 bits per heavy atom. The van der Waals surface area contributed by atoms with Crippen molar-refractivity contribution in [2.75, 3.05) is 0 Å². The van der Waals surface area contributed by atoms with Crippen LogP contribution >= 0.6 is 0 Å². The summed E-state index contributed by atoms with van der Waals surface area (Å²) >= 11 is 0. The summed E-state index contributed by atoms with van der Waals surface area (Å²) in [7, 11) is -3.36. The van der Waals surface area contributed by atoms with Crippen LogP contribution in [0.2, 0.25) is 0 Å². The lowest BCUT2D eigenvalue weighted by Crippen LogP contribution is -2.43. The molecule has 2 N–H and O–H groups in total. The van der Waals surface area contributed by atoms with E-state index < -0.39 is 10.0 Å². The fraction of sp³-hybridized carbons (Fsp3) is 1.00. The Kier molecular flexibility index (Phi) is 3.26. The maximum Gasteiger partial charge on any atom is 0.212 e. The minimum absolute atomic E-state index is 0.0392. The molecule has 2 unspecified atom stereocenters. The van der Waals surface area contributed by atoms with Gasteiger partial charge in [-0.3, -0.25) is 0 Å². The third kappa shape index (κ3) is 2.70. The summed E-state index contributed by atoms with van der Waals surface area (Å²) in [5, 5.41) is 4.95. The van der Waals surface area contributed by atoms with E-state index in [2.05, 4.69) is 20.8 Å². The van der Waals surface area contributed by atoms with Crippen molar-refractivity contribution in [3.05, 3.63) is 0 Å². The van der Waals surface area contributed by atoms with Crippen molar-refractivity contribution in [2.45, 2.75) is 51.7 Å². The van der Waals surface area contributed by atoms with E-state index in [1.807, 2.05) is 0 Å². The Morgan fingerprint density at radius 1 is 1.14 bits per heavy atom. The quantitative estimate of drug-likeness (QED) is 0.732. The number of sulfonamides is 1. The van der Waals surface area contributed by atoms with Gasteiger partial charge in [-0.2, -0.15) is 0 Å². The van der Waals surface area contributed by atoms with Crippen LogP contribution in [0.5, 0.6) is 0 Å². The highest BCUT2D eigenvalue weighted by Gasteiger charge is 2.39. The van der Waals surface area contributed by atoms with Gasteiger partial charge in [0.05, 0.1) is 5.25 Å². The van der Waals surface area contributed by atoms with Crippen molar-refractivity contribution in [1.82, 2.24) is 0 Å². The lowest BCUT2D eigenvalue weighted by Gasteiger charge is -2.39. The SMILES string of the molecule is CC(C)(C)C1CCCCC1S(N)(=O)=O. The second-order valence-electron chi connectivity index (χ2n) is 5.38. The summed E-state index contributed by atoms with van der Waals surface area (Å²) in [6.07, 6.45) is 3.85. The highest BCUT2D eigenvalue weighted by Crippen LogP contribution is 2.40. The molecular weight excluding hydrogens is 198 g/mol. The van der Waals surface area contributed by atoms with Crippen LogP contribution in [-0.2, 0) is 10.0 Å². The van der Waals surface area contributed by atoms with Crippen molar-refractivity contribution < 1.29 is 8.42 Å². The fourth-order valence-corrected chi connectivity index (χ4v) is 3.98. The third-order valence-electron chi connectivity index (χ3n) is 3.24. The molecule has 0 aromatic carbocycles. The molecule has 14 heavy (non-hydrogen) atoms. The number of rotatable bonds is 1. The van der Waals surface area contributed by atoms with E-state index in [9.17, 15) is 8.42 Å². The van der Waals surface area contributed by atoms with E-state index >= 15 is 0 Å². The van der Waals surface area contributed by atoms with Crippen LogP contribution in [0, 0.1) is 11.3 Å². The maximum absolute atomic E-state index is 11.4. The van der Waals surface area contributed by atoms with E-state index in [-0.39, 0.29) is 16.6 Å². The van der Waals surface area contributed by atoms with Gasteiger partial charge in [0.2, 0.25) is 10.0 Å². The molecule has 0 spiro atoms. The minimum Gasteiger partial charge on any atom is -0.228 e. The summed E-state index contributed by atoms with van der Waals surface area (Å²) in [4.78, 5) is 0. The van der Waals surface area contributed by atoms with Gasteiger partial charge in [-0.05, 0) is 24.2 Å². The Labute approximate surface area is 87.1 Å². The molecule has 1 aliphatic carbocycles. The number of hydrogen-bond acceptors (Lipinski definition) is 2. The Hall–Kier alpha value is -0.0900.